The lowest BCUT2D eigenvalue weighted by atomic mass is 10.0. The molecule has 5 nitrogen and oxygen atoms in total. The van der Waals surface area contributed by atoms with Crippen LogP contribution in [0.5, 0.6) is 0 Å². The Morgan fingerprint density at radius 1 is 1.00 bits per heavy atom. The maximum absolute atomic E-state index is 12.6. The van der Waals surface area contributed by atoms with Gasteiger partial charge in [-0.05, 0) is 24.2 Å². The van der Waals surface area contributed by atoms with E-state index < -0.39 is 6.04 Å². The van der Waals surface area contributed by atoms with E-state index in [2.05, 4.69) is 16.0 Å². The molecule has 0 heterocycles. The van der Waals surface area contributed by atoms with Gasteiger partial charge in [0, 0.05) is 13.1 Å². The van der Waals surface area contributed by atoms with Gasteiger partial charge in [-0.15, -0.1) is 12.4 Å². The van der Waals surface area contributed by atoms with Crippen LogP contribution >= 0.6 is 24.0 Å². The summed E-state index contributed by atoms with van der Waals surface area (Å²) in [7, 11) is 0. The minimum atomic E-state index is -0.431. The Balaban J connectivity index is 0.00000364. The number of benzene rings is 2. The summed E-state index contributed by atoms with van der Waals surface area (Å²) in [6.45, 7) is 4.13. The molecule has 2 aromatic carbocycles. The monoisotopic (exact) mass is 409 g/mol. The van der Waals surface area contributed by atoms with Crippen molar-refractivity contribution < 1.29 is 9.59 Å². The first-order valence-corrected chi connectivity index (χ1v) is 9.07. The van der Waals surface area contributed by atoms with E-state index in [0.29, 0.717) is 23.7 Å². The van der Waals surface area contributed by atoms with Crippen molar-refractivity contribution in [1.82, 2.24) is 16.0 Å². The molecule has 2 amide bonds. The van der Waals surface area contributed by atoms with Gasteiger partial charge in [0.1, 0.15) is 0 Å². The smallest absolute Gasteiger partial charge is 0.253 e. The van der Waals surface area contributed by atoms with E-state index >= 15 is 0 Å². The van der Waals surface area contributed by atoms with Crippen LogP contribution in [0.15, 0.2) is 54.6 Å². The van der Waals surface area contributed by atoms with Gasteiger partial charge < -0.3 is 16.0 Å². The molecule has 7 heteroatoms. The van der Waals surface area contributed by atoms with Crippen molar-refractivity contribution in [2.75, 3.05) is 19.6 Å². The third kappa shape index (κ3) is 7.59. The summed E-state index contributed by atoms with van der Waals surface area (Å²) in [6.07, 6.45) is 0.159. The number of amides is 2. The normalized spacial score (nSPS) is 11.2. The van der Waals surface area contributed by atoms with Crippen LogP contribution in [0.3, 0.4) is 0 Å². The molecular weight excluding hydrogens is 385 g/mol. The van der Waals surface area contributed by atoms with Gasteiger partial charge in [0.2, 0.25) is 5.91 Å². The number of likely N-dealkylation sites (N-methyl/N-ethyl adjacent to an activating group) is 1. The first-order valence-electron chi connectivity index (χ1n) is 8.69. The molecule has 146 valence electrons. The number of hydrogen-bond acceptors (Lipinski definition) is 3. The lowest BCUT2D eigenvalue weighted by Crippen LogP contribution is -2.36. The summed E-state index contributed by atoms with van der Waals surface area (Å²) in [6, 6.07) is 15.9. The van der Waals surface area contributed by atoms with Gasteiger partial charge in [0.15, 0.2) is 0 Å². The highest BCUT2D eigenvalue weighted by Gasteiger charge is 2.20. The summed E-state index contributed by atoms with van der Waals surface area (Å²) in [5, 5.41) is 9.32. The molecule has 2 aromatic rings. The summed E-state index contributed by atoms with van der Waals surface area (Å²) in [5.74, 6) is -0.416. The minimum absolute atomic E-state index is 0. The average molecular weight is 410 g/mol. The van der Waals surface area contributed by atoms with E-state index in [1.54, 1.807) is 24.3 Å². The molecule has 3 N–H and O–H groups in total. The Morgan fingerprint density at radius 2 is 1.67 bits per heavy atom. The minimum Gasteiger partial charge on any atom is -0.355 e. The summed E-state index contributed by atoms with van der Waals surface area (Å²) < 4.78 is 0. The van der Waals surface area contributed by atoms with Gasteiger partial charge in [-0.1, -0.05) is 61.0 Å². The maximum atomic E-state index is 12.6. The van der Waals surface area contributed by atoms with Crippen LogP contribution in [0.2, 0.25) is 5.02 Å². The van der Waals surface area contributed by atoms with Gasteiger partial charge in [0.05, 0.1) is 23.0 Å². The van der Waals surface area contributed by atoms with Gasteiger partial charge >= 0.3 is 0 Å². The van der Waals surface area contributed by atoms with Crippen molar-refractivity contribution in [2.45, 2.75) is 19.4 Å². The van der Waals surface area contributed by atoms with Crippen molar-refractivity contribution in [3.63, 3.8) is 0 Å². The van der Waals surface area contributed by atoms with Crippen LogP contribution in [0.25, 0.3) is 0 Å². The van der Waals surface area contributed by atoms with E-state index in [0.717, 1.165) is 12.1 Å². The second kappa shape index (κ2) is 12.3. The molecule has 0 radical (unpaired) electrons. The zero-order valence-electron chi connectivity index (χ0n) is 15.2. The largest absolute Gasteiger partial charge is 0.355 e. The average Bonchev–Trinajstić information content (AvgIpc) is 2.65. The predicted octanol–water partition coefficient (Wildman–Crippen LogP) is 3.35. The maximum Gasteiger partial charge on any atom is 0.253 e. The zero-order valence-corrected chi connectivity index (χ0v) is 16.8. The third-order valence-corrected chi connectivity index (χ3v) is 4.22. The third-order valence-electron chi connectivity index (χ3n) is 3.89. The molecule has 0 aliphatic carbocycles. The zero-order chi connectivity index (χ0) is 18.8. The predicted molar refractivity (Wildman–Crippen MR) is 112 cm³/mol. The Labute approximate surface area is 171 Å². The molecule has 1 atom stereocenters. The number of hydrogen-bond donors (Lipinski definition) is 3. The van der Waals surface area contributed by atoms with Crippen molar-refractivity contribution in [2.24, 2.45) is 0 Å². The number of halogens is 2. The first-order chi connectivity index (χ1) is 12.6. The van der Waals surface area contributed by atoms with E-state index in [4.69, 9.17) is 11.6 Å². The highest BCUT2D eigenvalue weighted by atomic mass is 35.5. The van der Waals surface area contributed by atoms with Gasteiger partial charge in [0.25, 0.3) is 5.91 Å². The van der Waals surface area contributed by atoms with Gasteiger partial charge in [-0.2, -0.15) is 0 Å². The molecular formula is C20H25Cl2N3O2. The Bertz CT molecular complexity index is 726. The molecule has 0 fully saturated rings. The van der Waals surface area contributed by atoms with Crippen molar-refractivity contribution in [3.8, 4) is 0 Å². The fourth-order valence-electron chi connectivity index (χ4n) is 2.54. The lowest BCUT2D eigenvalue weighted by Gasteiger charge is -2.19. The molecule has 0 spiro atoms. The van der Waals surface area contributed by atoms with E-state index in [1.807, 2.05) is 37.3 Å². The molecule has 0 saturated heterocycles. The molecule has 2 rings (SSSR count). The SMILES string of the molecule is CCNCCNC(=O)CC(NC(=O)c1ccccc1Cl)c1ccccc1.Cl. The molecule has 0 aromatic heterocycles. The Morgan fingerprint density at radius 3 is 2.33 bits per heavy atom. The number of rotatable bonds is 9. The second-order valence-electron chi connectivity index (χ2n) is 5.82. The highest BCUT2D eigenvalue weighted by molar-refractivity contribution is 6.33. The quantitative estimate of drug-likeness (QED) is 0.556. The molecule has 27 heavy (non-hydrogen) atoms. The fraction of sp³-hybridized carbons (Fsp3) is 0.300. The van der Waals surface area contributed by atoms with Crippen molar-refractivity contribution in [3.05, 3.63) is 70.7 Å². The van der Waals surface area contributed by atoms with Gasteiger partial charge in [-0.3, -0.25) is 9.59 Å². The number of nitrogens with one attached hydrogen (secondary N) is 3. The fourth-order valence-corrected chi connectivity index (χ4v) is 2.77. The van der Waals surface area contributed by atoms with Crippen LogP contribution in [0.1, 0.15) is 35.3 Å². The first kappa shape index (κ1) is 23.0. The Hall–Kier alpha value is -2.08. The molecule has 0 saturated carbocycles. The summed E-state index contributed by atoms with van der Waals surface area (Å²) in [4.78, 5) is 24.9. The lowest BCUT2D eigenvalue weighted by molar-refractivity contribution is -0.121. The van der Waals surface area contributed by atoms with Crippen LogP contribution in [-0.2, 0) is 4.79 Å². The Kier molecular flexibility index (Phi) is 10.5. The van der Waals surface area contributed by atoms with Crippen LogP contribution in [0, 0.1) is 0 Å². The van der Waals surface area contributed by atoms with E-state index in [-0.39, 0.29) is 30.6 Å². The number of carbonyl (C=O) groups is 2. The van der Waals surface area contributed by atoms with Crippen molar-refractivity contribution >= 4 is 35.8 Å². The van der Waals surface area contributed by atoms with Crippen molar-refractivity contribution in [1.29, 1.82) is 0 Å². The van der Waals surface area contributed by atoms with Gasteiger partial charge in [-0.25, -0.2) is 0 Å². The summed E-state index contributed by atoms with van der Waals surface area (Å²) in [5.41, 5.74) is 1.26. The molecule has 0 aliphatic rings. The molecule has 0 aliphatic heterocycles. The molecule has 0 bridgehead atoms. The molecule has 1 unspecified atom stereocenters. The standard InChI is InChI=1S/C20H24ClN3O2.ClH/c1-2-22-12-13-23-19(25)14-18(15-8-4-3-5-9-15)24-20(26)16-10-6-7-11-17(16)21;/h3-11,18,22H,2,12-14H2,1H3,(H,23,25)(H,24,26);1H. The van der Waals surface area contributed by atoms with Crippen LogP contribution in [-0.4, -0.2) is 31.4 Å². The second-order valence-corrected chi connectivity index (χ2v) is 6.23. The van der Waals surface area contributed by atoms with Crippen LogP contribution < -0.4 is 16.0 Å². The van der Waals surface area contributed by atoms with E-state index in [1.165, 1.54) is 0 Å². The highest BCUT2D eigenvalue weighted by Crippen LogP contribution is 2.20. The van der Waals surface area contributed by atoms with E-state index in [9.17, 15) is 9.59 Å². The summed E-state index contributed by atoms with van der Waals surface area (Å²) >= 11 is 6.11. The van der Waals surface area contributed by atoms with Crippen LogP contribution in [0.4, 0.5) is 0 Å². The topological polar surface area (TPSA) is 70.2 Å². The number of carbonyl (C=O) groups excluding carboxylic acids is 2.